The van der Waals surface area contributed by atoms with E-state index in [0.29, 0.717) is 43.2 Å². The molecule has 0 bridgehead atoms. The Morgan fingerprint density at radius 3 is 1.94 bits per heavy atom. The number of ether oxygens (including phenoxy) is 3. The maximum Gasteiger partial charge on any atom is 0.573 e. The Balaban J connectivity index is 0.00000432. The summed E-state index contributed by atoms with van der Waals surface area (Å²) in [6.07, 6.45) is -7.41. The summed E-state index contributed by atoms with van der Waals surface area (Å²) in [5.74, 6) is -10.0. The van der Waals surface area contributed by atoms with E-state index in [1.54, 1.807) is 0 Å². The van der Waals surface area contributed by atoms with Gasteiger partial charge in [0.25, 0.3) is 0 Å². The quantitative estimate of drug-likeness (QED) is 0.238. The van der Waals surface area contributed by atoms with Crippen molar-refractivity contribution in [3.05, 3.63) is 53.3 Å². The molecule has 0 unspecified atom stereocenters. The van der Waals surface area contributed by atoms with Gasteiger partial charge in [-0.05, 0) is 30.9 Å². The van der Waals surface area contributed by atoms with Crippen molar-refractivity contribution in [3.63, 3.8) is 0 Å². The summed E-state index contributed by atoms with van der Waals surface area (Å²) in [7, 11) is 0. The number of hydrogen-bond acceptors (Lipinski definition) is 4. The molecule has 0 amide bonds. The van der Waals surface area contributed by atoms with Gasteiger partial charge in [0.15, 0.2) is 11.6 Å². The van der Waals surface area contributed by atoms with Crippen LogP contribution in [0.2, 0.25) is 0 Å². The highest BCUT2D eigenvalue weighted by Gasteiger charge is 2.44. The third-order valence-electron chi connectivity index (χ3n) is 5.30. The van der Waals surface area contributed by atoms with E-state index in [1.807, 2.05) is 6.92 Å². The number of benzene rings is 2. The summed E-state index contributed by atoms with van der Waals surface area (Å²) < 4.78 is 120. The minimum atomic E-state index is -5.18. The molecule has 0 radical (unpaired) electrons. The molecular formula is C22H20F8O4. The summed E-state index contributed by atoms with van der Waals surface area (Å²) in [4.78, 5) is 12.1. The Hall–Kier alpha value is -3.05. The van der Waals surface area contributed by atoms with E-state index in [4.69, 9.17) is 0 Å². The Bertz CT molecular complexity index is 1030. The fourth-order valence-electron chi connectivity index (χ4n) is 3.55. The normalized spacial score (nSPS) is 19.0. The van der Waals surface area contributed by atoms with Gasteiger partial charge in [-0.15, -0.1) is 13.2 Å². The first-order chi connectivity index (χ1) is 15.7. The molecule has 0 aromatic heterocycles. The molecule has 188 valence electrons. The molecule has 0 atom stereocenters. The van der Waals surface area contributed by atoms with E-state index in [-0.39, 0.29) is 20.2 Å². The predicted molar refractivity (Wildman–Crippen MR) is 103 cm³/mol. The van der Waals surface area contributed by atoms with Crippen LogP contribution in [0.3, 0.4) is 0 Å². The maximum absolute atomic E-state index is 14.4. The number of carbonyl (C=O) groups excluding carboxylic acids is 1. The van der Waals surface area contributed by atoms with E-state index in [9.17, 15) is 39.9 Å². The summed E-state index contributed by atoms with van der Waals surface area (Å²) >= 11 is 0. The molecule has 0 N–H and O–H groups in total. The van der Waals surface area contributed by atoms with Crippen LogP contribution < -0.4 is 14.2 Å². The first kappa shape index (κ1) is 25.6. The molecular weight excluding hydrogens is 480 g/mol. The lowest BCUT2D eigenvalue weighted by Gasteiger charge is -2.32. The Kier molecular flexibility index (Phi) is 7.27. The Morgan fingerprint density at radius 2 is 1.41 bits per heavy atom. The second kappa shape index (κ2) is 9.67. The highest BCUT2D eigenvalue weighted by molar-refractivity contribution is 5.91. The van der Waals surface area contributed by atoms with Crippen LogP contribution in [0.15, 0.2) is 30.3 Å². The second-order valence-electron chi connectivity index (χ2n) is 7.91. The van der Waals surface area contributed by atoms with E-state index in [1.165, 1.54) is 0 Å². The van der Waals surface area contributed by atoms with Gasteiger partial charge in [-0.2, -0.15) is 8.78 Å². The van der Waals surface area contributed by atoms with Crippen molar-refractivity contribution in [2.24, 2.45) is 11.8 Å². The number of rotatable bonds is 6. The van der Waals surface area contributed by atoms with Gasteiger partial charge in [0.05, 0.1) is 5.92 Å². The first-order valence-electron chi connectivity index (χ1n) is 10.1. The molecule has 1 aliphatic carbocycles. The zero-order chi connectivity index (χ0) is 25.3. The lowest BCUT2D eigenvalue weighted by Crippen LogP contribution is -2.37. The molecule has 2 aromatic rings. The molecule has 1 aliphatic rings. The Morgan fingerprint density at radius 1 is 0.853 bits per heavy atom. The second-order valence-corrected chi connectivity index (χ2v) is 7.91. The monoisotopic (exact) mass is 500 g/mol. The van der Waals surface area contributed by atoms with Crippen LogP contribution in [0, 0.1) is 29.3 Å². The molecule has 0 spiro atoms. The van der Waals surface area contributed by atoms with Crippen LogP contribution in [0.25, 0.3) is 0 Å². The van der Waals surface area contributed by atoms with Crippen molar-refractivity contribution in [1.82, 2.24) is 0 Å². The minimum Gasteiger partial charge on any atom is -0.432 e. The fraction of sp³-hybridized carbons (Fsp3) is 0.409. The Labute approximate surface area is 189 Å². The number of alkyl halides is 5. The molecule has 34 heavy (non-hydrogen) atoms. The maximum atomic E-state index is 14.4. The van der Waals surface area contributed by atoms with Crippen molar-refractivity contribution in [1.29, 1.82) is 0 Å². The zero-order valence-electron chi connectivity index (χ0n) is 17.5. The van der Waals surface area contributed by atoms with Crippen LogP contribution in [0.4, 0.5) is 35.1 Å². The molecule has 4 nitrogen and oxygen atoms in total. The van der Waals surface area contributed by atoms with Crippen molar-refractivity contribution < 1.29 is 55.6 Å². The minimum absolute atomic E-state index is 0. The van der Waals surface area contributed by atoms with E-state index in [2.05, 4.69) is 14.2 Å². The lowest BCUT2D eigenvalue weighted by atomic mass is 9.82. The smallest absolute Gasteiger partial charge is 0.432 e. The van der Waals surface area contributed by atoms with E-state index in [0.717, 1.165) is 0 Å². The van der Waals surface area contributed by atoms with Crippen molar-refractivity contribution >= 4 is 5.97 Å². The summed E-state index contributed by atoms with van der Waals surface area (Å²) in [5, 5.41) is 0. The van der Waals surface area contributed by atoms with Gasteiger partial charge in [0.2, 0.25) is 0 Å². The first-order valence-corrected chi connectivity index (χ1v) is 10.1. The molecule has 12 heteroatoms. The van der Waals surface area contributed by atoms with Gasteiger partial charge in [0.1, 0.15) is 28.7 Å². The van der Waals surface area contributed by atoms with Gasteiger partial charge >= 0.3 is 18.4 Å². The number of halogens is 8. The average Bonchev–Trinajstić information content (AvgIpc) is 2.68. The molecule has 1 saturated carbocycles. The molecule has 1 fully saturated rings. The molecule has 0 saturated heterocycles. The van der Waals surface area contributed by atoms with Gasteiger partial charge in [-0.25, -0.2) is 18.0 Å². The van der Waals surface area contributed by atoms with Crippen LogP contribution in [0.1, 0.15) is 44.4 Å². The highest BCUT2D eigenvalue weighted by atomic mass is 19.4. The third kappa shape index (κ3) is 6.29. The van der Waals surface area contributed by atoms with Crippen LogP contribution >= 0.6 is 0 Å². The van der Waals surface area contributed by atoms with Gasteiger partial charge in [-0.1, -0.05) is 19.8 Å². The summed E-state index contributed by atoms with van der Waals surface area (Å²) in [6, 6.07) is 2.27. The fourth-order valence-corrected chi connectivity index (χ4v) is 3.55. The summed E-state index contributed by atoms with van der Waals surface area (Å²) in [5.41, 5.74) is -1.29. The van der Waals surface area contributed by atoms with Crippen LogP contribution in [-0.4, -0.2) is 18.4 Å². The topological polar surface area (TPSA) is 44.8 Å². The standard InChI is InChI=1S/C22H18F8O4.H2/c1-11-2-4-12(5-3-11)21(26,27)33-14-9-16(24)19(17(25)10-14)20(31)32-13-6-7-18(15(23)8-13)34-22(28,29)30;/h6-12H,2-5H2,1H3;1H. The van der Waals surface area contributed by atoms with Gasteiger partial charge < -0.3 is 14.2 Å². The van der Waals surface area contributed by atoms with Crippen molar-refractivity contribution in [2.75, 3.05) is 0 Å². The third-order valence-corrected chi connectivity index (χ3v) is 5.30. The lowest BCUT2D eigenvalue weighted by molar-refractivity contribution is -0.275. The zero-order valence-corrected chi connectivity index (χ0v) is 17.5. The van der Waals surface area contributed by atoms with Gasteiger partial charge in [-0.3, -0.25) is 0 Å². The predicted octanol–water partition coefficient (Wildman–Crippen LogP) is 7.27. The SMILES string of the molecule is CC1CCC(C(F)(F)Oc2cc(F)c(C(=O)Oc3ccc(OC(F)(F)F)c(F)c3)c(F)c2)CC1.[HH]. The van der Waals surface area contributed by atoms with Crippen molar-refractivity contribution in [2.45, 2.75) is 45.1 Å². The van der Waals surface area contributed by atoms with E-state index < -0.39 is 64.6 Å². The largest absolute Gasteiger partial charge is 0.573 e. The number of esters is 1. The molecule has 3 rings (SSSR count). The summed E-state index contributed by atoms with van der Waals surface area (Å²) in [6.45, 7) is 1.93. The van der Waals surface area contributed by atoms with Crippen LogP contribution in [0.5, 0.6) is 17.2 Å². The van der Waals surface area contributed by atoms with Gasteiger partial charge in [0, 0.05) is 19.6 Å². The number of carbonyl (C=O) groups is 1. The molecule has 2 aromatic carbocycles. The highest BCUT2D eigenvalue weighted by Crippen LogP contribution is 2.40. The van der Waals surface area contributed by atoms with Crippen molar-refractivity contribution in [3.8, 4) is 17.2 Å². The van der Waals surface area contributed by atoms with Crippen LogP contribution in [-0.2, 0) is 0 Å². The number of hydrogen-bond donors (Lipinski definition) is 0. The average molecular weight is 500 g/mol. The molecule has 0 heterocycles. The van der Waals surface area contributed by atoms with E-state index >= 15 is 0 Å². The molecule has 0 aliphatic heterocycles.